The molecule has 2 aromatic heterocycles. The van der Waals surface area contributed by atoms with Crippen molar-refractivity contribution in [3.8, 4) is 0 Å². The second-order valence-electron chi connectivity index (χ2n) is 5.13. The van der Waals surface area contributed by atoms with Crippen LogP contribution in [0.1, 0.15) is 51.4 Å². The summed E-state index contributed by atoms with van der Waals surface area (Å²) in [7, 11) is 0. The number of hydrogen-bond donors (Lipinski definition) is 0. The summed E-state index contributed by atoms with van der Waals surface area (Å²) in [5, 5.41) is 0. The van der Waals surface area contributed by atoms with Crippen molar-refractivity contribution in [2.45, 2.75) is 38.5 Å². The van der Waals surface area contributed by atoms with Crippen LogP contribution in [0.3, 0.4) is 0 Å². The Labute approximate surface area is 117 Å². The van der Waals surface area contributed by atoms with Gasteiger partial charge in [0.05, 0.1) is 4.88 Å². The van der Waals surface area contributed by atoms with Gasteiger partial charge in [0.15, 0.2) is 5.78 Å². The number of ketones is 1. The zero-order chi connectivity index (χ0) is 13.2. The largest absolute Gasteiger partial charge is 0.293 e. The molecule has 0 radical (unpaired) electrons. The molecule has 1 aliphatic carbocycles. The molecule has 2 aromatic rings. The van der Waals surface area contributed by atoms with Crippen LogP contribution in [-0.2, 0) is 12.8 Å². The molecule has 2 heterocycles. The molecule has 0 bridgehead atoms. The van der Waals surface area contributed by atoms with E-state index in [4.69, 9.17) is 0 Å². The van der Waals surface area contributed by atoms with E-state index in [9.17, 15) is 4.79 Å². The molecule has 0 N–H and O–H groups in total. The van der Waals surface area contributed by atoms with E-state index in [1.165, 1.54) is 23.3 Å². The number of hydrogen-bond acceptors (Lipinski definition) is 3. The van der Waals surface area contributed by atoms with Gasteiger partial charge in [-0.25, -0.2) is 0 Å². The second-order valence-corrected chi connectivity index (χ2v) is 6.27. The normalized spacial score (nSPS) is 15.8. The molecule has 1 aliphatic rings. The lowest BCUT2D eigenvalue weighted by Gasteiger charge is -2.08. The Morgan fingerprint density at radius 2 is 2.00 bits per heavy atom. The molecule has 1 atom stereocenters. The van der Waals surface area contributed by atoms with Crippen molar-refractivity contribution < 1.29 is 4.79 Å². The van der Waals surface area contributed by atoms with Crippen LogP contribution in [0.5, 0.6) is 0 Å². The first kappa shape index (κ1) is 12.5. The van der Waals surface area contributed by atoms with E-state index >= 15 is 0 Å². The summed E-state index contributed by atoms with van der Waals surface area (Å²) < 4.78 is 0. The molecule has 0 aliphatic heterocycles. The molecule has 0 fully saturated rings. The summed E-state index contributed by atoms with van der Waals surface area (Å²) in [5.41, 5.74) is 2.45. The van der Waals surface area contributed by atoms with Crippen molar-refractivity contribution >= 4 is 17.1 Å². The van der Waals surface area contributed by atoms with E-state index in [-0.39, 0.29) is 11.7 Å². The van der Waals surface area contributed by atoms with Crippen LogP contribution >= 0.6 is 11.3 Å². The average Bonchev–Trinajstić information content (AvgIpc) is 2.90. The highest BCUT2D eigenvalue weighted by atomic mass is 32.1. The topological polar surface area (TPSA) is 30.0 Å². The number of pyridine rings is 1. The highest BCUT2D eigenvalue weighted by Gasteiger charge is 2.22. The summed E-state index contributed by atoms with van der Waals surface area (Å²) in [6.07, 6.45) is 8.31. The molecule has 3 heteroatoms. The summed E-state index contributed by atoms with van der Waals surface area (Å²) >= 11 is 1.70. The predicted octanol–water partition coefficient (Wildman–Crippen LogP) is 4.01. The number of nitrogens with zero attached hydrogens (tertiary/aromatic N) is 1. The number of rotatable bonds is 3. The van der Waals surface area contributed by atoms with Crippen molar-refractivity contribution in [2.75, 3.05) is 0 Å². The standard InChI is InChI=1S/C16H17NOS/c1-11(12-6-8-17-9-7-12)16(18)15-10-13-4-2-3-5-14(13)19-15/h6-11H,2-5H2,1H3. The van der Waals surface area contributed by atoms with Crippen molar-refractivity contribution in [3.05, 3.63) is 51.5 Å². The van der Waals surface area contributed by atoms with Crippen molar-refractivity contribution in [3.63, 3.8) is 0 Å². The highest BCUT2D eigenvalue weighted by Crippen LogP contribution is 2.32. The minimum absolute atomic E-state index is 0.0805. The van der Waals surface area contributed by atoms with E-state index in [1.807, 2.05) is 19.1 Å². The molecule has 3 rings (SSSR count). The number of fused-ring (bicyclic) bond motifs is 1. The fourth-order valence-electron chi connectivity index (χ4n) is 2.63. The Hall–Kier alpha value is -1.48. The van der Waals surface area contributed by atoms with Gasteiger partial charge < -0.3 is 0 Å². The fourth-order valence-corrected chi connectivity index (χ4v) is 3.91. The van der Waals surface area contributed by atoms with Crippen LogP contribution in [-0.4, -0.2) is 10.8 Å². The lowest BCUT2D eigenvalue weighted by Crippen LogP contribution is -2.07. The van der Waals surface area contributed by atoms with E-state index in [2.05, 4.69) is 11.1 Å². The summed E-state index contributed by atoms with van der Waals surface area (Å²) in [5.74, 6) is 0.161. The Kier molecular flexibility index (Phi) is 3.47. The van der Waals surface area contributed by atoms with Gasteiger partial charge in [0, 0.05) is 23.2 Å². The smallest absolute Gasteiger partial charge is 0.179 e. The Morgan fingerprint density at radius 1 is 1.26 bits per heavy atom. The fraction of sp³-hybridized carbons (Fsp3) is 0.375. The number of aromatic nitrogens is 1. The first-order valence-corrected chi connectivity index (χ1v) is 7.63. The lowest BCUT2D eigenvalue weighted by molar-refractivity contribution is 0.0970. The molecule has 0 saturated carbocycles. The zero-order valence-electron chi connectivity index (χ0n) is 11.1. The Balaban J connectivity index is 1.86. The third-order valence-electron chi connectivity index (χ3n) is 3.84. The van der Waals surface area contributed by atoms with Crippen LogP contribution in [0.4, 0.5) is 0 Å². The maximum absolute atomic E-state index is 12.6. The van der Waals surface area contributed by atoms with E-state index < -0.39 is 0 Å². The Bertz CT molecular complexity index is 565. The molecule has 1 unspecified atom stereocenters. The van der Waals surface area contributed by atoms with Crippen molar-refractivity contribution in [1.82, 2.24) is 4.98 Å². The van der Waals surface area contributed by atoms with Gasteiger partial charge in [0.1, 0.15) is 0 Å². The molecule has 19 heavy (non-hydrogen) atoms. The monoisotopic (exact) mass is 271 g/mol. The van der Waals surface area contributed by atoms with Gasteiger partial charge in [-0.3, -0.25) is 9.78 Å². The number of aryl methyl sites for hydroxylation is 2. The number of Topliss-reactive ketones (excluding diaryl/α,β-unsaturated/α-hetero) is 1. The van der Waals surface area contributed by atoms with Gasteiger partial charge in [-0.05, 0) is 55.0 Å². The van der Waals surface area contributed by atoms with E-state index in [0.717, 1.165) is 23.3 Å². The van der Waals surface area contributed by atoms with Gasteiger partial charge in [0.2, 0.25) is 0 Å². The maximum Gasteiger partial charge on any atom is 0.179 e. The lowest BCUT2D eigenvalue weighted by atomic mass is 9.95. The van der Waals surface area contributed by atoms with E-state index in [0.29, 0.717) is 0 Å². The third kappa shape index (κ3) is 2.47. The average molecular weight is 271 g/mol. The number of carbonyl (C=O) groups is 1. The minimum atomic E-state index is -0.0805. The van der Waals surface area contributed by atoms with Crippen molar-refractivity contribution in [1.29, 1.82) is 0 Å². The third-order valence-corrected chi connectivity index (χ3v) is 5.09. The van der Waals surface area contributed by atoms with Crippen LogP contribution < -0.4 is 0 Å². The summed E-state index contributed by atoms with van der Waals surface area (Å²) in [6, 6.07) is 5.98. The molecule has 2 nitrogen and oxygen atoms in total. The SMILES string of the molecule is CC(C(=O)c1cc2c(s1)CCCC2)c1ccncc1. The van der Waals surface area contributed by atoms with Crippen LogP contribution in [0.15, 0.2) is 30.6 Å². The van der Waals surface area contributed by atoms with Gasteiger partial charge in [-0.15, -0.1) is 11.3 Å². The quantitative estimate of drug-likeness (QED) is 0.790. The minimum Gasteiger partial charge on any atom is -0.293 e. The molecular formula is C16H17NOS. The van der Waals surface area contributed by atoms with Crippen LogP contribution in [0.25, 0.3) is 0 Å². The molecule has 98 valence electrons. The van der Waals surface area contributed by atoms with Crippen LogP contribution in [0, 0.1) is 0 Å². The first-order valence-electron chi connectivity index (χ1n) is 6.81. The second kappa shape index (κ2) is 5.25. The molecule has 0 amide bonds. The summed E-state index contributed by atoms with van der Waals surface area (Å²) in [4.78, 5) is 18.9. The van der Waals surface area contributed by atoms with Crippen molar-refractivity contribution in [2.24, 2.45) is 0 Å². The Morgan fingerprint density at radius 3 is 2.74 bits per heavy atom. The highest BCUT2D eigenvalue weighted by molar-refractivity contribution is 7.14. The number of carbonyl (C=O) groups excluding carboxylic acids is 1. The molecule has 0 aromatic carbocycles. The first-order chi connectivity index (χ1) is 9.25. The van der Waals surface area contributed by atoms with Gasteiger partial charge in [-0.2, -0.15) is 0 Å². The molecular weight excluding hydrogens is 254 g/mol. The van der Waals surface area contributed by atoms with Gasteiger partial charge in [-0.1, -0.05) is 6.92 Å². The summed E-state index contributed by atoms with van der Waals surface area (Å²) in [6.45, 7) is 1.98. The zero-order valence-corrected chi connectivity index (χ0v) is 11.9. The molecule has 0 spiro atoms. The van der Waals surface area contributed by atoms with Gasteiger partial charge >= 0.3 is 0 Å². The molecule has 0 saturated heterocycles. The van der Waals surface area contributed by atoms with Crippen LogP contribution in [0.2, 0.25) is 0 Å². The number of thiophene rings is 1. The van der Waals surface area contributed by atoms with Gasteiger partial charge in [0.25, 0.3) is 0 Å². The predicted molar refractivity (Wildman–Crippen MR) is 77.9 cm³/mol. The maximum atomic E-state index is 12.6. The van der Waals surface area contributed by atoms with E-state index in [1.54, 1.807) is 23.7 Å².